The van der Waals surface area contributed by atoms with Crippen molar-refractivity contribution in [1.82, 2.24) is 4.90 Å². The van der Waals surface area contributed by atoms with Crippen molar-refractivity contribution in [2.45, 2.75) is 38.6 Å². The highest BCUT2D eigenvalue weighted by Gasteiger charge is 2.31. The fourth-order valence-corrected chi connectivity index (χ4v) is 1.95. The number of carbonyl (C=O) groups excluding carboxylic acids is 1. The molecular formula is C15H24N2O. The predicted molar refractivity (Wildman–Crippen MR) is 75.4 cm³/mol. The van der Waals surface area contributed by atoms with Crippen LogP contribution in [-0.4, -0.2) is 30.4 Å². The van der Waals surface area contributed by atoms with Crippen LogP contribution in [0.4, 0.5) is 0 Å². The summed E-state index contributed by atoms with van der Waals surface area (Å²) in [6.07, 6.45) is 0.826. The maximum atomic E-state index is 12.5. The molecule has 3 nitrogen and oxygen atoms in total. The summed E-state index contributed by atoms with van der Waals surface area (Å²) in [5.41, 5.74) is 6.27. The van der Waals surface area contributed by atoms with E-state index in [1.54, 1.807) is 4.90 Å². The van der Waals surface area contributed by atoms with E-state index in [-0.39, 0.29) is 11.9 Å². The van der Waals surface area contributed by atoms with Gasteiger partial charge in [0, 0.05) is 19.6 Å². The lowest BCUT2D eigenvalue weighted by Gasteiger charge is -2.30. The molecule has 18 heavy (non-hydrogen) atoms. The standard InChI is InChI=1S/C15H24N2O/c1-12(16)10-11-17(4)14(18)15(2,3)13-8-6-5-7-9-13/h5-9,12H,10-11,16H2,1-4H3. The Hall–Kier alpha value is -1.35. The second-order valence-electron chi connectivity index (χ2n) is 5.48. The molecule has 0 bridgehead atoms. The van der Waals surface area contributed by atoms with Crippen molar-refractivity contribution in [1.29, 1.82) is 0 Å². The van der Waals surface area contributed by atoms with E-state index in [1.165, 1.54) is 0 Å². The summed E-state index contributed by atoms with van der Waals surface area (Å²) in [5, 5.41) is 0. The van der Waals surface area contributed by atoms with Crippen LogP contribution < -0.4 is 5.73 Å². The van der Waals surface area contributed by atoms with Gasteiger partial charge in [-0.05, 0) is 32.8 Å². The molecule has 0 saturated carbocycles. The van der Waals surface area contributed by atoms with Gasteiger partial charge in [0.25, 0.3) is 0 Å². The van der Waals surface area contributed by atoms with Crippen LogP contribution >= 0.6 is 0 Å². The highest BCUT2D eigenvalue weighted by Crippen LogP contribution is 2.25. The van der Waals surface area contributed by atoms with Crippen LogP contribution in [0.1, 0.15) is 32.8 Å². The minimum atomic E-state index is -0.492. The Labute approximate surface area is 110 Å². The minimum Gasteiger partial charge on any atom is -0.345 e. The summed E-state index contributed by atoms with van der Waals surface area (Å²) in [7, 11) is 1.84. The first-order chi connectivity index (χ1) is 8.35. The number of nitrogens with zero attached hydrogens (tertiary/aromatic N) is 1. The fourth-order valence-electron chi connectivity index (χ4n) is 1.95. The Bertz CT molecular complexity index is 385. The Balaban J connectivity index is 2.76. The lowest BCUT2D eigenvalue weighted by Crippen LogP contribution is -2.42. The van der Waals surface area contributed by atoms with E-state index in [0.29, 0.717) is 6.54 Å². The first kappa shape index (κ1) is 14.7. The van der Waals surface area contributed by atoms with Gasteiger partial charge in [-0.3, -0.25) is 4.79 Å². The molecule has 3 heteroatoms. The molecule has 1 rings (SSSR count). The molecule has 0 fully saturated rings. The average molecular weight is 248 g/mol. The van der Waals surface area contributed by atoms with Crippen LogP contribution in [0.25, 0.3) is 0 Å². The molecule has 0 saturated heterocycles. The van der Waals surface area contributed by atoms with E-state index in [1.807, 2.05) is 58.2 Å². The highest BCUT2D eigenvalue weighted by atomic mass is 16.2. The van der Waals surface area contributed by atoms with Gasteiger partial charge in [0.15, 0.2) is 0 Å². The van der Waals surface area contributed by atoms with Crippen LogP contribution in [0.5, 0.6) is 0 Å². The van der Waals surface area contributed by atoms with Crippen molar-refractivity contribution in [3.8, 4) is 0 Å². The van der Waals surface area contributed by atoms with Gasteiger partial charge in [-0.1, -0.05) is 30.3 Å². The van der Waals surface area contributed by atoms with Crippen LogP contribution in [0.15, 0.2) is 30.3 Å². The maximum Gasteiger partial charge on any atom is 0.232 e. The van der Waals surface area contributed by atoms with E-state index in [4.69, 9.17) is 5.73 Å². The molecule has 1 aromatic rings. The van der Waals surface area contributed by atoms with Gasteiger partial charge >= 0.3 is 0 Å². The van der Waals surface area contributed by atoms with Crippen molar-refractivity contribution in [2.24, 2.45) is 5.73 Å². The first-order valence-corrected chi connectivity index (χ1v) is 6.42. The van der Waals surface area contributed by atoms with Gasteiger partial charge in [0.05, 0.1) is 5.41 Å². The second-order valence-corrected chi connectivity index (χ2v) is 5.48. The summed E-state index contributed by atoms with van der Waals surface area (Å²) in [6, 6.07) is 10.0. The van der Waals surface area contributed by atoms with Gasteiger partial charge < -0.3 is 10.6 Å². The molecule has 1 unspecified atom stereocenters. The number of nitrogens with two attached hydrogens (primary N) is 1. The Morgan fingerprint density at radius 1 is 1.33 bits per heavy atom. The molecule has 0 aliphatic heterocycles. The third-order valence-electron chi connectivity index (χ3n) is 3.30. The number of amides is 1. The van der Waals surface area contributed by atoms with Crippen LogP contribution in [-0.2, 0) is 10.2 Å². The second kappa shape index (κ2) is 6.01. The molecule has 1 aromatic carbocycles. The van der Waals surface area contributed by atoms with Crippen molar-refractivity contribution in [3.05, 3.63) is 35.9 Å². The van der Waals surface area contributed by atoms with E-state index < -0.39 is 5.41 Å². The van der Waals surface area contributed by atoms with Gasteiger partial charge in [-0.2, -0.15) is 0 Å². The zero-order valence-corrected chi connectivity index (χ0v) is 11.8. The smallest absolute Gasteiger partial charge is 0.232 e. The van der Waals surface area contributed by atoms with Gasteiger partial charge in [-0.15, -0.1) is 0 Å². The monoisotopic (exact) mass is 248 g/mol. The van der Waals surface area contributed by atoms with Crippen LogP contribution in [0.2, 0.25) is 0 Å². The fraction of sp³-hybridized carbons (Fsp3) is 0.533. The highest BCUT2D eigenvalue weighted by molar-refractivity contribution is 5.87. The van der Waals surface area contributed by atoms with Crippen molar-refractivity contribution >= 4 is 5.91 Å². The first-order valence-electron chi connectivity index (χ1n) is 6.42. The van der Waals surface area contributed by atoms with Gasteiger partial charge in [0.2, 0.25) is 5.91 Å². The Morgan fingerprint density at radius 2 is 1.89 bits per heavy atom. The van der Waals surface area contributed by atoms with Crippen molar-refractivity contribution < 1.29 is 4.79 Å². The van der Waals surface area contributed by atoms with E-state index in [0.717, 1.165) is 12.0 Å². The number of carbonyl (C=O) groups is 1. The quantitative estimate of drug-likeness (QED) is 0.868. The van der Waals surface area contributed by atoms with Crippen molar-refractivity contribution in [3.63, 3.8) is 0 Å². The summed E-state index contributed by atoms with van der Waals surface area (Å²) >= 11 is 0. The molecule has 0 radical (unpaired) electrons. The zero-order valence-electron chi connectivity index (χ0n) is 11.8. The molecule has 0 aromatic heterocycles. The summed E-state index contributed by atoms with van der Waals surface area (Å²) in [4.78, 5) is 14.2. The predicted octanol–water partition coefficient (Wildman–Crippen LogP) is 2.16. The number of benzene rings is 1. The molecule has 0 aliphatic carbocycles. The zero-order chi connectivity index (χ0) is 13.8. The summed E-state index contributed by atoms with van der Waals surface area (Å²) < 4.78 is 0. The molecule has 0 heterocycles. The molecule has 2 N–H and O–H groups in total. The molecule has 0 aliphatic rings. The normalized spacial score (nSPS) is 13.2. The molecule has 100 valence electrons. The van der Waals surface area contributed by atoms with E-state index >= 15 is 0 Å². The maximum absolute atomic E-state index is 12.5. The summed E-state index contributed by atoms with van der Waals surface area (Å²) in [6.45, 7) is 6.59. The number of hydrogen-bond acceptors (Lipinski definition) is 2. The third kappa shape index (κ3) is 3.57. The van der Waals surface area contributed by atoms with Crippen LogP contribution in [0.3, 0.4) is 0 Å². The number of hydrogen-bond donors (Lipinski definition) is 1. The van der Waals surface area contributed by atoms with E-state index in [9.17, 15) is 4.79 Å². The molecule has 1 atom stereocenters. The lowest BCUT2D eigenvalue weighted by atomic mass is 9.83. The SMILES string of the molecule is CC(N)CCN(C)C(=O)C(C)(C)c1ccccc1. The van der Waals surface area contributed by atoms with Gasteiger partial charge in [-0.25, -0.2) is 0 Å². The topological polar surface area (TPSA) is 46.3 Å². The number of rotatable bonds is 5. The van der Waals surface area contributed by atoms with E-state index in [2.05, 4.69) is 0 Å². The summed E-state index contributed by atoms with van der Waals surface area (Å²) in [5.74, 6) is 0.134. The molecule has 0 spiro atoms. The van der Waals surface area contributed by atoms with Crippen molar-refractivity contribution in [2.75, 3.05) is 13.6 Å². The number of likely N-dealkylation sites (N-methyl/N-ethyl adjacent to an activating group) is 1. The Morgan fingerprint density at radius 3 is 2.39 bits per heavy atom. The average Bonchev–Trinajstić information content (AvgIpc) is 2.36. The molecular weight excluding hydrogens is 224 g/mol. The molecule has 1 amide bonds. The largest absolute Gasteiger partial charge is 0.345 e. The Kier molecular flexibility index (Phi) is 4.91. The van der Waals surface area contributed by atoms with Gasteiger partial charge in [0.1, 0.15) is 0 Å². The lowest BCUT2D eigenvalue weighted by molar-refractivity contribution is -0.135. The minimum absolute atomic E-state index is 0.125. The van der Waals surface area contributed by atoms with Crippen LogP contribution in [0, 0.1) is 0 Å². The third-order valence-corrected chi connectivity index (χ3v) is 3.30.